The first-order valence-corrected chi connectivity index (χ1v) is 7.83. The van der Waals surface area contributed by atoms with Crippen molar-refractivity contribution in [2.24, 2.45) is 16.8 Å². The summed E-state index contributed by atoms with van der Waals surface area (Å²) in [6, 6.07) is 6.56. The Bertz CT molecular complexity index is 791. The fraction of sp³-hybridized carbons (Fsp3) is 0.250. The monoisotopic (exact) mass is 394 g/mol. The highest BCUT2D eigenvalue weighted by Gasteiger charge is 2.41. The molecule has 11 heteroatoms. The molecule has 0 heterocycles. The number of aryl methyl sites for hydroxylation is 1. The summed E-state index contributed by atoms with van der Waals surface area (Å²) in [7, 11) is 1.99. The zero-order chi connectivity index (χ0) is 20.6. The van der Waals surface area contributed by atoms with E-state index >= 15 is 0 Å². The standard InChI is InChI=1S/C16H18N4O6S/c1-8-4-6-9(7-5-8)18-13(22)12(21)10(14(23)25-2)11(15(24)26-3)19-20-16(17)27/h4-7,10H,1-3H3,(H,18,22)(H3,17,20,27)/b19-11+/t10-/m0/s1. The number of rotatable bonds is 7. The number of carbonyl (C=O) groups excluding carboxylic acids is 4. The molecule has 1 atom stereocenters. The van der Waals surface area contributed by atoms with Crippen LogP contribution in [0.1, 0.15) is 5.56 Å². The zero-order valence-electron chi connectivity index (χ0n) is 14.8. The molecular formula is C16H18N4O6S. The summed E-state index contributed by atoms with van der Waals surface area (Å²) in [5.41, 5.74) is 7.82. The van der Waals surface area contributed by atoms with Gasteiger partial charge in [-0.05, 0) is 31.3 Å². The first-order valence-electron chi connectivity index (χ1n) is 7.42. The van der Waals surface area contributed by atoms with Gasteiger partial charge in [0, 0.05) is 5.69 Å². The number of thiocarbonyl (C=S) groups is 1. The molecule has 1 rings (SSSR count). The average molecular weight is 394 g/mol. The number of Topliss-reactive ketones (excluding diaryl/α,β-unsaturated/α-hetero) is 1. The van der Waals surface area contributed by atoms with Crippen LogP contribution in [0.2, 0.25) is 0 Å². The summed E-state index contributed by atoms with van der Waals surface area (Å²) in [6.45, 7) is 1.85. The quantitative estimate of drug-likeness (QED) is 0.141. The molecule has 0 saturated carbocycles. The van der Waals surface area contributed by atoms with E-state index in [0.29, 0.717) is 5.69 Å². The van der Waals surface area contributed by atoms with Crippen molar-refractivity contribution in [3.8, 4) is 0 Å². The van der Waals surface area contributed by atoms with E-state index < -0.39 is 35.3 Å². The van der Waals surface area contributed by atoms with Gasteiger partial charge < -0.3 is 20.5 Å². The lowest BCUT2D eigenvalue weighted by Crippen LogP contribution is -2.44. The molecule has 144 valence electrons. The van der Waals surface area contributed by atoms with Crippen molar-refractivity contribution >= 4 is 52.4 Å². The maximum atomic E-state index is 12.5. The predicted molar refractivity (Wildman–Crippen MR) is 99.7 cm³/mol. The zero-order valence-corrected chi connectivity index (χ0v) is 15.6. The lowest BCUT2D eigenvalue weighted by atomic mass is 9.97. The maximum absolute atomic E-state index is 12.5. The van der Waals surface area contributed by atoms with Crippen molar-refractivity contribution in [2.75, 3.05) is 19.5 Å². The average Bonchev–Trinajstić information content (AvgIpc) is 2.64. The van der Waals surface area contributed by atoms with Crippen LogP contribution >= 0.6 is 12.2 Å². The number of methoxy groups -OCH3 is 2. The van der Waals surface area contributed by atoms with Crippen LogP contribution in [-0.4, -0.2) is 48.7 Å². The number of ether oxygens (including phenoxy) is 2. The fourth-order valence-electron chi connectivity index (χ4n) is 1.87. The molecular weight excluding hydrogens is 376 g/mol. The molecule has 0 aliphatic heterocycles. The molecule has 0 aliphatic rings. The largest absolute Gasteiger partial charge is 0.468 e. The van der Waals surface area contributed by atoms with Gasteiger partial charge in [0.25, 0.3) is 5.91 Å². The van der Waals surface area contributed by atoms with Gasteiger partial charge in [0.1, 0.15) is 0 Å². The molecule has 1 aromatic rings. The summed E-state index contributed by atoms with van der Waals surface area (Å²) in [6.07, 6.45) is 0. The Morgan fingerprint density at radius 1 is 1.11 bits per heavy atom. The molecule has 10 nitrogen and oxygen atoms in total. The van der Waals surface area contributed by atoms with Gasteiger partial charge >= 0.3 is 11.9 Å². The van der Waals surface area contributed by atoms with Crippen LogP contribution in [0.15, 0.2) is 29.4 Å². The molecule has 0 saturated heterocycles. The van der Waals surface area contributed by atoms with E-state index in [9.17, 15) is 19.2 Å². The van der Waals surface area contributed by atoms with Crippen molar-refractivity contribution in [2.45, 2.75) is 6.92 Å². The second-order valence-electron chi connectivity index (χ2n) is 5.11. The highest BCUT2D eigenvalue weighted by molar-refractivity contribution is 7.80. The third kappa shape index (κ3) is 6.15. The number of hydrogen-bond donors (Lipinski definition) is 3. The summed E-state index contributed by atoms with van der Waals surface area (Å²) >= 11 is 4.56. The third-order valence-electron chi connectivity index (χ3n) is 3.19. The maximum Gasteiger partial charge on any atom is 0.355 e. The smallest absolute Gasteiger partial charge is 0.355 e. The molecule has 1 aromatic carbocycles. The number of esters is 2. The molecule has 0 aliphatic carbocycles. The lowest BCUT2D eigenvalue weighted by Gasteiger charge is -2.14. The number of amides is 1. The summed E-state index contributed by atoms with van der Waals surface area (Å²) in [5, 5.41) is 5.50. The minimum Gasteiger partial charge on any atom is -0.468 e. The Hall–Kier alpha value is -3.34. The Labute approximate surface area is 160 Å². The Morgan fingerprint density at radius 2 is 1.70 bits per heavy atom. The van der Waals surface area contributed by atoms with E-state index in [1.807, 2.05) is 6.92 Å². The van der Waals surface area contributed by atoms with E-state index in [0.717, 1.165) is 19.8 Å². The van der Waals surface area contributed by atoms with Crippen LogP contribution in [0.5, 0.6) is 0 Å². The van der Waals surface area contributed by atoms with E-state index in [4.69, 9.17) is 5.73 Å². The second-order valence-corrected chi connectivity index (χ2v) is 5.55. The molecule has 0 spiro atoms. The lowest BCUT2D eigenvalue weighted by molar-refractivity contribution is -0.150. The molecule has 4 N–H and O–H groups in total. The van der Waals surface area contributed by atoms with Gasteiger partial charge in [-0.15, -0.1) is 0 Å². The van der Waals surface area contributed by atoms with E-state index in [1.165, 1.54) is 0 Å². The topological polar surface area (TPSA) is 149 Å². The summed E-state index contributed by atoms with van der Waals surface area (Å²) in [4.78, 5) is 48.8. The van der Waals surface area contributed by atoms with E-state index in [-0.39, 0.29) is 5.11 Å². The predicted octanol–water partition coefficient (Wildman–Crippen LogP) is -0.346. The van der Waals surface area contributed by atoms with Gasteiger partial charge in [0.15, 0.2) is 16.7 Å². The number of nitrogens with one attached hydrogen (secondary N) is 2. The fourth-order valence-corrected chi connectivity index (χ4v) is 1.91. The van der Waals surface area contributed by atoms with Crippen molar-refractivity contribution in [1.82, 2.24) is 5.43 Å². The summed E-state index contributed by atoms with van der Waals surface area (Å²) < 4.78 is 9.01. The first-order chi connectivity index (χ1) is 12.7. The van der Waals surface area contributed by atoms with Crippen molar-refractivity contribution in [3.05, 3.63) is 29.8 Å². The van der Waals surface area contributed by atoms with Gasteiger partial charge in [-0.1, -0.05) is 17.7 Å². The van der Waals surface area contributed by atoms with Gasteiger partial charge in [0.05, 0.1) is 14.2 Å². The number of nitrogens with two attached hydrogens (primary N) is 1. The van der Waals surface area contributed by atoms with Gasteiger partial charge in [-0.25, -0.2) is 4.79 Å². The highest BCUT2D eigenvalue weighted by atomic mass is 32.1. The molecule has 0 bridgehead atoms. The number of benzene rings is 1. The van der Waals surface area contributed by atoms with Crippen LogP contribution in [0.4, 0.5) is 5.69 Å². The number of ketones is 1. The van der Waals surface area contributed by atoms with Gasteiger partial charge in [-0.3, -0.25) is 19.8 Å². The number of carbonyl (C=O) groups is 4. The second kappa shape index (κ2) is 9.97. The van der Waals surface area contributed by atoms with Gasteiger partial charge in [0.2, 0.25) is 5.78 Å². The molecule has 1 amide bonds. The Morgan fingerprint density at radius 3 is 2.19 bits per heavy atom. The molecule has 0 fully saturated rings. The minimum atomic E-state index is -1.98. The highest BCUT2D eigenvalue weighted by Crippen LogP contribution is 2.12. The van der Waals surface area contributed by atoms with Crippen LogP contribution in [-0.2, 0) is 28.7 Å². The Balaban J connectivity index is 3.20. The normalized spacial score (nSPS) is 11.7. The van der Waals surface area contributed by atoms with Crippen LogP contribution < -0.4 is 16.5 Å². The van der Waals surface area contributed by atoms with E-state index in [2.05, 4.69) is 37.5 Å². The molecule has 0 aromatic heterocycles. The molecule has 27 heavy (non-hydrogen) atoms. The number of hydrogen-bond acceptors (Lipinski definition) is 8. The van der Waals surface area contributed by atoms with Crippen molar-refractivity contribution in [1.29, 1.82) is 0 Å². The number of anilines is 1. The van der Waals surface area contributed by atoms with E-state index in [1.54, 1.807) is 24.3 Å². The Kier molecular flexibility index (Phi) is 8.01. The van der Waals surface area contributed by atoms with Crippen LogP contribution in [0, 0.1) is 12.8 Å². The first kappa shape index (κ1) is 21.7. The minimum absolute atomic E-state index is 0.320. The summed E-state index contributed by atoms with van der Waals surface area (Å²) in [5.74, 6) is -6.74. The third-order valence-corrected chi connectivity index (χ3v) is 3.28. The van der Waals surface area contributed by atoms with Crippen molar-refractivity contribution < 1.29 is 28.7 Å². The molecule has 0 radical (unpaired) electrons. The van der Waals surface area contributed by atoms with Crippen LogP contribution in [0.25, 0.3) is 0 Å². The SMILES string of the molecule is COC(=O)/C(=N/NC(N)=S)[C@H](C(=O)OC)C(=O)C(=O)Nc1ccc(C)cc1. The van der Waals surface area contributed by atoms with Crippen LogP contribution in [0.3, 0.4) is 0 Å². The van der Waals surface area contributed by atoms with Crippen molar-refractivity contribution in [3.63, 3.8) is 0 Å². The number of nitrogens with zero attached hydrogens (tertiary/aromatic N) is 1. The van der Waals surface area contributed by atoms with Gasteiger partial charge in [-0.2, -0.15) is 5.10 Å². The number of hydrazone groups is 1. The molecule has 0 unspecified atom stereocenters.